The van der Waals surface area contributed by atoms with E-state index < -0.39 is 29.1 Å². The van der Waals surface area contributed by atoms with Crippen molar-refractivity contribution in [2.24, 2.45) is 4.99 Å². The van der Waals surface area contributed by atoms with Crippen molar-refractivity contribution >= 4 is 52.6 Å². The van der Waals surface area contributed by atoms with E-state index in [-0.39, 0.29) is 36.9 Å². The molecule has 4 rings (SSSR count). The summed E-state index contributed by atoms with van der Waals surface area (Å²) in [6, 6.07) is 19.1. The molecule has 0 radical (unpaired) electrons. The summed E-state index contributed by atoms with van der Waals surface area (Å²) in [6.45, 7) is 5.98. The normalized spacial score (nSPS) is 17.8. The van der Waals surface area contributed by atoms with Crippen LogP contribution in [-0.2, 0) is 25.6 Å². The second-order valence-corrected chi connectivity index (χ2v) is 12.8. The van der Waals surface area contributed by atoms with Gasteiger partial charge in [-0.3, -0.25) is 15.0 Å². The van der Waals surface area contributed by atoms with E-state index in [1.807, 2.05) is 12.1 Å². The molecule has 0 saturated carbocycles. The first kappa shape index (κ1) is 34.5. The van der Waals surface area contributed by atoms with Crippen molar-refractivity contribution in [3.8, 4) is 5.75 Å². The third-order valence-corrected chi connectivity index (χ3v) is 7.59. The van der Waals surface area contributed by atoms with Crippen LogP contribution in [0.15, 0.2) is 71.7 Å². The minimum atomic E-state index is -1.64. The van der Waals surface area contributed by atoms with Crippen LogP contribution >= 0.6 is 34.8 Å². The van der Waals surface area contributed by atoms with Crippen LogP contribution in [-0.4, -0.2) is 47.2 Å². The molecule has 240 valence electrons. The van der Waals surface area contributed by atoms with E-state index in [4.69, 9.17) is 59.1 Å². The highest BCUT2D eigenvalue weighted by Crippen LogP contribution is 2.45. The number of rotatable bonds is 13. The standard InChI is InChI=1S/C33H36Cl3N3O6/c1-32(2,3)45-28(41)14-15-33(31(42)39-37-20-21-6-4-7-23(34)18-21)29(26-13-10-24(35)19-27(26)36)44-30(38-33)22-8-11-25(12-9-22)43-17-5-16-40/h4,6-13,18-19,29,37,40H,5,14-17,20H2,1-3H3,(H,39,42)/t29-,33-/m0/s1. The molecule has 9 nitrogen and oxygen atoms in total. The number of hydrogen-bond acceptors (Lipinski definition) is 8. The van der Waals surface area contributed by atoms with E-state index in [1.165, 1.54) is 0 Å². The lowest BCUT2D eigenvalue weighted by Gasteiger charge is -2.31. The molecule has 12 heteroatoms. The molecule has 0 unspecified atom stereocenters. The number of aliphatic hydroxyl groups is 1. The van der Waals surface area contributed by atoms with E-state index in [9.17, 15) is 9.59 Å². The average Bonchev–Trinajstić information content (AvgIpc) is 3.36. The molecule has 0 fully saturated rings. The zero-order valence-electron chi connectivity index (χ0n) is 25.2. The van der Waals surface area contributed by atoms with Gasteiger partial charge < -0.3 is 19.3 Å². The molecular weight excluding hydrogens is 641 g/mol. The maximum absolute atomic E-state index is 14.2. The lowest BCUT2D eigenvalue weighted by molar-refractivity contribution is -0.155. The van der Waals surface area contributed by atoms with Crippen LogP contribution in [0.25, 0.3) is 0 Å². The zero-order valence-corrected chi connectivity index (χ0v) is 27.5. The van der Waals surface area contributed by atoms with Gasteiger partial charge in [0.15, 0.2) is 11.6 Å². The predicted molar refractivity (Wildman–Crippen MR) is 175 cm³/mol. The Labute approximate surface area is 277 Å². The number of benzene rings is 3. The SMILES string of the molecule is CC(C)(C)OC(=O)CC[C@]1(C(=O)NNCc2cccc(Cl)c2)N=C(c2ccc(OCCCO)cc2)O[C@H]1c1ccc(Cl)cc1Cl. The lowest BCUT2D eigenvalue weighted by Crippen LogP contribution is -2.52. The highest BCUT2D eigenvalue weighted by Gasteiger charge is 2.54. The van der Waals surface area contributed by atoms with E-state index in [0.717, 1.165) is 5.56 Å². The van der Waals surface area contributed by atoms with Gasteiger partial charge in [-0.1, -0.05) is 53.0 Å². The number of ether oxygens (including phenoxy) is 3. The Bertz CT molecular complexity index is 1530. The van der Waals surface area contributed by atoms with E-state index >= 15 is 0 Å². The molecular formula is C33H36Cl3N3O6. The third kappa shape index (κ3) is 9.34. The summed E-state index contributed by atoms with van der Waals surface area (Å²) in [5, 5.41) is 10.3. The Kier molecular flexibility index (Phi) is 11.7. The first-order valence-corrected chi connectivity index (χ1v) is 15.6. The van der Waals surface area contributed by atoms with Crippen LogP contribution in [0.4, 0.5) is 0 Å². The fraction of sp³-hybridized carbons (Fsp3) is 0.364. The highest BCUT2D eigenvalue weighted by atomic mass is 35.5. The second-order valence-electron chi connectivity index (χ2n) is 11.5. The van der Waals surface area contributed by atoms with Crippen molar-refractivity contribution in [2.75, 3.05) is 13.2 Å². The predicted octanol–water partition coefficient (Wildman–Crippen LogP) is 6.61. The largest absolute Gasteiger partial charge is 0.494 e. The van der Waals surface area contributed by atoms with E-state index in [1.54, 1.807) is 75.4 Å². The third-order valence-electron chi connectivity index (χ3n) is 6.79. The topological polar surface area (TPSA) is 118 Å². The van der Waals surface area contributed by atoms with Crippen molar-refractivity contribution in [1.29, 1.82) is 0 Å². The maximum Gasteiger partial charge on any atom is 0.306 e. The Morgan fingerprint density at radius 1 is 1.02 bits per heavy atom. The molecule has 0 bridgehead atoms. The zero-order chi connectivity index (χ0) is 32.6. The molecule has 0 aliphatic carbocycles. The molecule has 0 aromatic heterocycles. The number of halogens is 3. The van der Waals surface area contributed by atoms with Crippen molar-refractivity contribution in [3.63, 3.8) is 0 Å². The number of aliphatic imine (C=N–C) groups is 1. The number of hydrogen-bond donors (Lipinski definition) is 3. The lowest BCUT2D eigenvalue weighted by atomic mass is 9.83. The number of carbonyl (C=O) groups is 2. The summed E-state index contributed by atoms with van der Waals surface area (Å²) < 4.78 is 17.6. The van der Waals surface area contributed by atoms with Crippen molar-refractivity contribution in [1.82, 2.24) is 10.9 Å². The number of aliphatic hydroxyl groups excluding tert-OH is 1. The summed E-state index contributed by atoms with van der Waals surface area (Å²) in [6.07, 6.45) is -0.699. The van der Waals surface area contributed by atoms with Crippen molar-refractivity contribution in [3.05, 3.63) is 98.5 Å². The molecule has 1 aliphatic heterocycles. The van der Waals surface area contributed by atoms with Gasteiger partial charge in [0.05, 0.1) is 6.61 Å². The molecule has 3 N–H and O–H groups in total. The van der Waals surface area contributed by atoms with Gasteiger partial charge in [-0.15, -0.1) is 0 Å². The van der Waals surface area contributed by atoms with Crippen LogP contribution < -0.4 is 15.6 Å². The molecule has 0 saturated heterocycles. The number of amides is 1. The molecule has 1 amide bonds. The van der Waals surface area contributed by atoms with Gasteiger partial charge in [-0.2, -0.15) is 0 Å². The molecule has 1 heterocycles. The molecule has 3 aromatic carbocycles. The first-order valence-electron chi connectivity index (χ1n) is 14.5. The molecule has 2 atom stereocenters. The summed E-state index contributed by atoms with van der Waals surface area (Å²) in [5.74, 6) is -0.247. The van der Waals surface area contributed by atoms with Crippen LogP contribution in [0.3, 0.4) is 0 Å². The number of nitrogens with zero attached hydrogens (tertiary/aromatic N) is 1. The minimum Gasteiger partial charge on any atom is -0.494 e. The van der Waals surface area contributed by atoms with Gasteiger partial charge in [-0.05, 0) is 81.3 Å². The van der Waals surface area contributed by atoms with Crippen LogP contribution in [0.2, 0.25) is 15.1 Å². The maximum atomic E-state index is 14.2. The van der Waals surface area contributed by atoms with Gasteiger partial charge >= 0.3 is 5.97 Å². The smallest absolute Gasteiger partial charge is 0.306 e. The number of nitrogens with one attached hydrogen (secondary N) is 2. The summed E-state index contributed by atoms with van der Waals surface area (Å²) >= 11 is 19.0. The summed E-state index contributed by atoms with van der Waals surface area (Å²) in [7, 11) is 0. The Balaban J connectivity index is 1.71. The fourth-order valence-electron chi connectivity index (χ4n) is 4.73. The summed E-state index contributed by atoms with van der Waals surface area (Å²) in [4.78, 5) is 32.0. The molecule has 3 aromatic rings. The number of esters is 1. The van der Waals surface area contributed by atoms with Gasteiger partial charge in [0.1, 0.15) is 11.4 Å². The van der Waals surface area contributed by atoms with Crippen LogP contribution in [0.1, 0.15) is 62.8 Å². The highest BCUT2D eigenvalue weighted by molar-refractivity contribution is 6.35. The fourth-order valence-corrected chi connectivity index (χ4v) is 5.45. The Morgan fingerprint density at radius 2 is 1.76 bits per heavy atom. The van der Waals surface area contributed by atoms with E-state index in [0.29, 0.717) is 39.9 Å². The van der Waals surface area contributed by atoms with Gasteiger partial charge in [0, 0.05) is 52.2 Å². The molecule has 45 heavy (non-hydrogen) atoms. The van der Waals surface area contributed by atoms with Gasteiger partial charge in [0.2, 0.25) is 5.90 Å². The minimum absolute atomic E-state index is 0.0266. The van der Waals surface area contributed by atoms with Crippen molar-refractivity contribution < 1.29 is 28.9 Å². The van der Waals surface area contributed by atoms with Crippen molar-refractivity contribution in [2.45, 2.75) is 63.8 Å². The summed E-state index contributed by atoms with van der Waals surface area (Å²) in [5.41, 5.74) is 5.26. The second kappa shape index (κ2) is 15.3. The van der Waals surface area contributed by atoms with Gasteiger partial charge in [-0.25, -0.2) is 10.4 Å². The van der Waals surface area contributed by atoms with Crippen LogP contribution in [0.5, 0.6) is 5.75 Å². The Hall–Kier alpha value is -3.34. The monoisotopic (exact) mass is 675 g/mol. The Morgan fingerprint density at radius 3 is 2.42 bits per heavy atom. The number of carbonyl (C=O) groups excluding carboxylic acids is 2. The quantitative estimate of drug-likeness (QED) is 0.106. The van der Waals surface area contributed by atoms with Crippen LogP contribution in [0, 0.1) is 0 Å². The molecule has 1 aliphatic rings. The van der Waals surface area contributed by atoms with Gasteiger partial charge in [0.25, 0.3) is 5.91 Å². The first-order chi connectivity index (χ1) is 21.4. The number of hydrazine groups is 1. The van der Waals surface area contributed by atoms with E-state index in [2.05, 4.69) is 10.9 Å². The average molecular weight is 677 g/mol. The molecule has 0 spiro atoms.